The van der Waals surface area contributed by atoms with Crippen LogP contribution in [0.5, 0.6) is 0 Å². The standard InChI is InChI=1S/C34H38F3NO3/c1-3-30(40)33(14-15-34(35,36)37)13-12-29-27-10-6-23-20-25(39)9-11-26(23)31(27)28(21-32(29,33)2)22-4-7-24(8-5-22)38-16-18-41-19-17-38/h4-5,7-8,20,27-29H,3,6,9-13,16-19,21H2,1-2H3/t27-,28+,29-,32-,33-/m0/s1. The van der Waals surface area contributed by atoms with Crippen LogP contribution in [-0.2, 0) is 14.3 Å². The zero-order valence-electron chi connectivity index (χ0n) is 23.9. The Labute approximate surface area is 240 Å². The van der Waals surface area contributed by atoms with Gasteiger partial charge in [-0.15, -0.1) is 0 Å². The molecule has 5 atom stereocenters. The number of hydrogen-bond donors (Lipinski definition) is 0. The number of carbonyl (C=O) groups excluding carboxylic acids is 2. The highest BCUT2D eigenvalue weighted by Gasteiger charge is 2.65. The maximum absolute atomic E-state index is 13.7. The minimum atomic E-state index is -4.65. The van der Waals surface area contributed by atoms with E-state index in [9.17, 15) is 22.8 Å². The molecule has 5 aliphatic rings. The number of rotatable bonds is 4. The van der Waals surface area contributed by atoms with Gasteiger partial charge in [0.05, 0.1) is 18.6 Å². The zero-order valence-corrected chi connectivity index (χ0v) is 23.9. The van der Waals surface area contributed by atoms with Crippen LogP contribution in [0.2, 0.25) is 0 Å². The number of nitrogens with zero attached hydrogens (tertiary/aromatic N) is 1. The molecule has 0 N–H and O–H groups in total. The van der Waals surface area contributed by atoms with Crippen LogP contribution in [0.15, 0.2) is 47.1 Å². The zero-order chi connectivity index (χ0) is 29.0. The van der Waals surface area contributed by atoms with Crippen LogP contribution in [0.1, 0.15) is 76.7 Å². The highest BCUT2D eigenvalue weighted by molar-refractivity contribution is 5.93. The van der Waals surface area contributed by atoms with E-state index in [0.717, 1.165) is 49.2 Å². The van der Waals surface area contributed by atoms with Crippen molar-refractivity contribution >= 4 is 17.3 Å². The molecule has 0 aromatic heterocycles. The Kier molecular flexibility index (Phi) is 7.21. The van der Waals surface area contributed by atoms with E-state index in [1.54, 1.807) is 12.8 Å². The number of anilines is 1. The van der Waals surface area contributed by atoms with E-state index in [4.69, 9.17) is 4.74 Å². The molecule has 1 heterocycles. The lowest BCUT2D eigenvalue weighted by atomic mass is 9.48. The summed E-state index contributed by atoms with van der Waals surface area (Å²) in [6.07, 6.45) is 1.84. The molecule has 7 heteroatoms. The number of alkyl halides is 3. The van der Waals surface area contributed by atoms with Crippen LogP contribution in [0.3, 0.4) is 0 Å². The third-order valence-corrected chi connectivity index (χ3v) is 10.8. The van der Waals surface area contributed by atoms with Crippen molar-refractivity contribution in [1.29, 1.82) is 0 Å². The van der Waals surface area contributed by atoms with E-state index < -0.39 is 17.0 Å². The first-order valence-electron chi connectivity index (χ1n) is 15.1. The first-order chi connectivity index (χ1) is 19.6. The molecule has 6 rings (SSSR count). The number of ketones is 2. The summed E-state index contributed by atoms with van der Waals surface area (Å²) in [5, 5.41) is 0. The molecule has 1 aromatic carbocycles. The van der Waals surface area contributed by atoms with Crippen molar-refractivity contribution in [2.45, 2.75) is 77.3 Å². The number of fused-ring (bicyclic) bond motifs is 4. The molecular weight excluding hydrogens is 527 g/mol. The Morgan fingerprint density at radius 2 is 1.83 bits per heavy atom. The van der Waals surface area contributed by atoms with Crippen molar-refractivity contribution in [2.75, 3.05) is 31.2 Å². The highest BCUT2D eigenvalue weighted by Crippen LogP contribution is 2.70. The SMILES string of the molecule is CCC(=O)[C@@]1(C#CC(F)(F)F)CC[C@H]2[C@@H]3CCC4=CC(=O)CCC4=C3[C@@H](c3ccc(N4CCOCC4)cc3)C[C@@]21C. The Balaban J connectivity index is 1.48. The van der Waals surface area contributed by atoms with Gasteiger partial charge >= 0.3 is 6.18 Å². The minimum Gasteiger partial charge on any atom is -0.378 e. The van der Waals surface area contributed by atoms with Gasteiger partial charge in [-0.3, -0.25) is 9.59 Å². The molecule has 1 aliphatic heterocycles. The van der Waals surface area contributed by atoms with E-state index in [-0.39, 0.29) is 35.7 Å². The van der Waals surface area contributed by atoms with Crippen LogP contribution < -0.4 is 4.90 Å². The molecule has 41 heavy (non-hydrogen) atoms. The molecule has 0 amide bonds. The average Bonchev–Trinajstić information content (AvgIpc) is 3.27. The second-order valence-electron chi connectivity index (χ2n) is 12.7. The van der Waals surface area contributed by atoms with Crippen molar-refractivity contribution in [2.24, 2.45) is 22.7 Å². The van der Waals surface area contributed by atoms with Gasteiger partial charge in [0.1, 0.15) is 0 Å². The maximum Gasteiger partial charge on any atom is 0.457 e. The Bertz CT molecular complexity index is 1360. The van der Waals surface area contributed by atoms with E-state index in [1.807, 2.05) is 6.08 Å². The van der Waals surface area contributed by atoms with Gasteiger partial charge in [0.25, 0.3) is 0 Å². The highest BCUT2D eigenvalue weighted by atomic mass is 19.4. The smallest absolute Gasteiger partial charge is 0.378 e. The molecular formula is C34H38F3NO3. The summed E-state index contributed by atoms with van der Waals surface area (Å²) in [7, 11) is 0. The van der Waals surface area contributed by atoms with Crippen LogP contribution in [0.4, 0.5) is 18.9 Å². The van der Waals surface area contributed by atoms with Gasteiger partial charge in [0.2, 0.25) is 0 Å². The van der Waals surface area contributed by atoms with Crippen molar-refractivity contribution in [3.05, 3.63) is 52.6 Å². The predicted molar refractivity (Wildman–Crippen MR) is 151 cm³/mol. The van der Waals surface area contributed by atoms with E-state index >= 15 is 0 Å². The number of benzene rings is 1. The quantitative estimate of drug-likeness (QED) is 0.371. The van der Waals surface area contributed by atoms with Crippen molar-refractivity contribution in [1.82, 2.24) is 0 Å². The summed E-state index contributed by atoms with van der Waals surface area (Å²) in [4.78, 5) is 28.3. The van der Waals surface area contributed by atoms with Gasteiger partial charge in [0.15, 0.2) is 11.6 Å². The van der Waals surface area contributed by atoms with Crippen LogP contribution in [0.25, 0.3) is 0 Å². The number of carbonyl (C=O) groups is 2. The fourth-order valence-electron chi connectivity index (χ4n) is 8.94. The van der Waals surface area contributed by atoms with Crippen LogP contribution in [0, 0.1) is 34.5 Å². The van der Waals surface area contributed by atoms with Gasteiger partial charge in [0, 0.05) is 43.5 Å². The molecule has 0 spiro atoms. The van der Waals surface area contributed by atoms with E-state index in [1.165, 1.54) is 11.1 Å². The minimum absolute atomic E-state index is 0.0401. The largest absolute Gasteiger partial charge is 0.457 e. The van der Waals surface area contributed by atoms with Gasteiger partial charge in [-0.2, -0.15) is 13.2 Å². The second kappa shape index (κ2) is 10.5. The number of ether oxygens (including phenoxy) is 1. The van der Waals surface area contributed by atoms with Gasteiger partial charge in [-0.05, 0) is 90.7 Å². The number of Topliss-reactive ketones (excluding diaryl/α,β-unsaturated/α-hetero) is 1. The first kappa shape index (κ1) is 28.3. The number of morpholine rings is 1. The first-order valence-corrected chi connectivity index (χ1v) is 15.1. The number of halogens is 3. The lowest BCUT2D eigenvalue weighted by molar-refractivity contribution is -0.132. The van der Waals surface area contributed by atoms with Gasteiger partial charge in [-0.1, -0.05) is 37.5 Å². The molecule has 1 saturated heterocycles. The van der Waals surface area contributed by atoms with Gasteiger partial charge < -0.3 is 9.64 Å². The van der Waals surface area contributed by atoms with Crippen molar-refractivity contribution in [3.63, 3.8) is 0 Å². The molecule has 0 unspecified atom stereocenters. The lowest BCUT2D eigenvalue weighted by Crippen LogP contribution is -2.50. The molecule has 1 aromatic rings. The molecule has 2 saturated carbocycles. The molecule has 218 valence electrons. The monoisotopic (exact) mass is 565 g/mol. The van der Waals surface area contributed by atoms with E-state index in [0.29, 0.717) is 38.9 Å². The summed E-state index contributed by atoms with van der Waals surface area (Å²) in [5.41, 5.74) is 4.03. The number of allylic oxidation sites excluding steroid dienone is 4. The summed E-state index contributed by atoms with van der Waals surface area (Å²) in [6, 6.07) is 8.61. The van der Waals surface area contributed by atoms with Crippen LogP contribution >= 0.6 is 0 Å². The normalized spacial score (nSPS) is 33.3. The lowest BCUT2D eigenvalue weighted by Gasteiger charge is -2.54. The maximum atomic E-state index is 13.7. The number of hydrogen-bond acceptors (Lipinski definition) is 4. The summed E-state index contributed by atoms with van der Waals surface area (Å²) >= 11 is 0. The molecule has 0 radical (unpaired) electrons. The van der Waals surface area contributed by atoms with Gasteiger partial charge in [-0.25, -0.2) is 0 Å². The van der Waals surface area contributed by atoms with Crippen molar-refractivity contribution in [3.8, 4) is 11.8 Å². The second-order valence-corrected chi connectivity index (χ2v) is 12.7. The molecule has 0 bridgehead atoms. The van der Waals surface area contributed by atoms with Crippen LogP contribution in [-0.4, -0.2) is 44.0 Å². The third-order valence-electron chi connectivity index (χ3n) is 10.8. The van der Waals surface area contributed by atoms with Crippen molar-refractivity contribution < 1.29 is 27.5 Å². The summed E-state index contributed by atoms with van der Waals surface area (Å²) in [6.45, 7) is 6.86. The Morgan fingerprint density at radius 1 is 1.10 bits per heavy atom. The fraction of sp³-hybridized carbons (Fsp3) is 0.588. The predicted octanol–water partition coefficient (Wildman–Crippen LogP) is 6.95. The fourth-order valence-corrected chi connectivity index (χ4v) is 8.94. The average molecular weight is 566 g/mol. The third kappa shape index (κ3) is 4.76. The molecule has 3 fully saturated rings. The Hall–Kier alpha value is -2.85. The topological polar surface area (TPSA) is 46.6 Å². The van der Waals surface area contributed by atoms with E-state index in [2.05, 4.69) is 42.0 Å². The molecule has 4 nitrogen and oxygen atoms in total. The Morgan fingerprint density at radius 3 is 2.51 bits per heavy atom. The molecule has 4 aliphatic carbocycles. The summed E-state index contributed by atoms with van der Waals surface area (Å²) < 4.78 is 45.9. The summed E-state index contributed by atoms with van der Waals surface area (Å²) in [5.74, 6) is 4.35.